The summed E-state index contributed by atoms with van der Waals surface area (Å²) in [5, 5.41) is 3.14. The number of methoxy groups -OCH3 is 2. The summed E-state index contributed by atoms with van der Waals surface area (Å²) in [6.07, 6.45) is 6.59. The molecule has 0 spiro atoms. The quantitative estimate of drug-likeness (QED) is 0.436. The Kier molecular flexibility index (Phi) is 10.4. The Balaban J connectivity index is 1.94. The molecule has 1 fully saturated rings. The molecule has 1 N–H and O–H groups in total. The minimum Gasteiger partial charge on any atom is -0.497 e. The zero-order chi connectivity index (χ0) is 27.7. The Hall–Kier alpha value is -3.27. The predicted molar refractivity (Wildman–Crippen MR) is 148 cm³/mol. The van der Waals surface area contributed by atoms with Gasteiger partial charge >= 0.3 is 0 Å². The molecule has 0 radical (unpaired) electrons. The fourth-order valence-corrected chi connectivity index (χ4v) is 5.68. The number of nitrogens with zero attached hydrogens (tertiary/aromatic N) is 2. The van der Waals surface area contributed by atoms with Crippen LogP contribution in [0.15, 0.2) is 48.5 Å². The third kappa shape index (κ3) is 7.63. The van der Waals surface area contributed by atoms with E-state index in [1.54, 1.807) is 18.2 Å². The Morgan fingerprint density at radius 3 is 2.29 bits per heavy atom. The molecule has 0 heterocycles. The molecule has 3 rings (SSSR count). The van der Waals surface area contributed by atoms with Crippen LogP contribution < -0.4 is 19.1 Å². The molecule has 0 bridgehead atoms. The van der Waals surface area contributed by atoms with E-state index in [0.717, 1.165) is 41.8 Å². The largest absolute Gasteiger partial charge is 0.497 e. The molecule has 0 aromatic heterocycles. The van der Waals surface area contributed by atoms with E-state index in [1.165, 1.54) is 25.5 Å². The maximum Gasteiger partial charge on any atom is 0.244 e. The summed E-state index contributed by atoms with van der Waals surface area (Å²) >= 11 is 0. The van der Waals surface area contributed by atoms with E-state index in [2.05, 4.69) is 5.32 Å². The van der Waals surface area contributed by atoms with Crippen LogP contribution in [0.5, 0.6) is 11.5 Å². The number of rotatable bonds is 12. The first-order chi connectivity index (χ1) is 18.2. The highest BCUT2D eigenvalue weighted by molar-refractivity contribution is 7.92. The van der Waals surface area contributed by atoms with Crippen molar-refractivity contribution in [3.05, 3.63) is 54.1 Å². The molecule has 1 aliphatic rings. The molecule has 1 aliphatic carbocycles. The highest BCUT2D eigenvalue weighted by Gasteiger charge is 2.33. The summed E-state index contributed by atoms with van der Waals surface area (Å²) in [7, 11) is -0.964. The van der Waals surface area contributed by atoms with Crippen molar-refractivity contribution in [1.82, 2.24) is 10.2 Å². The fourth-order valence-electron chi connectivity index (χ4n) is 4.83. The van der Waals surface area contributed by atoms with Gasteiger partial charge < -0.3 is 19.7 Å². The highest BCUT2D eigenvalue weighted by atomic mass is 32.2. The number of amides is 2. The number of benzene rings is 2. The number of ether oxygens (including phenoxy) is 2. The Morgan fingerprint density at radius 1 is 1.03 bits per heavy atom. The summed E-state index contributed by atoms with van der Waals surface area (Å²) in [6, 6.07) is 13.4. The third-order valence-corrected chi connectivity index (χ3v) is 7.99. The zero-order valence-corrected chi connectivity index (χ0v) is 23.5. The zero-order valence-electron chi connectivity index (χ0n) is 22.7. The van der Waals surface area contributed by atoms with Crippen LogP contribution >= 0.6 is 0 Å². The van der Waals surface area contributed by atoms with Crippen LogP contribution in [-0.2, 0) is 26.2 Å². The van der Waals surface area contributed by atoms with Crippen molar-refractivity contribution in [3.63, 3.8) is 0 Å². The van der Waals surface area contributed by atoms with Crippen LogP contribution in [0.4, 0.5) is 5.69 Å². The van der Waals surface area contributed by atoms with Gasteiger partial charge in [0.15, 0.2) is 0 Å². The number of carbonyl (C=O) groups is 2. The summed E-state index contributed by atoms with van der Waals surface area (Å²) in [4.78, 5) is 28.8. The van der Waals surface area contributed by atoms with E-state index >= 15 is 0 Å². The molecule has 2 aromatic carbocycles. The van der Waals surface area contributed by atoms with E-state index in [-0.39, 0.29) is 29.9 Å². The van der Waals surface area contributed by atoms with Crippen LogP contribution in [0.3, 0.4) is 0 Å². The van der Waals surface area contributed by atoms with Crippen molar-refractivity contribution in [3.8, 4) is 11.5 Å². The van der Waals surface area contributed by atoms with Crippen LogP contribution in [-0.4, -0.2) is 64.2 Å². The average molecular weight is 546 g/mol. The van der Waals surface area contributed by atoms with Gasteiger partial charge in [-0.25, -0.2) is 8.42 Å². The van der Waals surface area contributed by atoms with E-state index in [4.69, 9.17) is 9.47 Å². The second-order valence-electron chi connectivity index (χ2n) is 9.58. The third-order valence-electron chi connectivity index (χ3n) is 6.87. The first kappa shape index (κ1) is 29.3. The molecule has 0 unspecified atom stereocenters. The van der Waals surface area contributed by atoms with Gasteiger partial charge in [-0.2, -0.15) is 0 Å². The van der Waals surface area contributed by atoms with Crippen LogP contribution in [0.25, 0.3) is 0 Å². The topological polar surface area (TPSA) is 105 Å². The Morgan fingerprint density at radius 2 is 1.71 bits per heavy atom. The average Bonchev–Trinajstić information content (AvgIpc) is 2.91. The molecule has 1 atom stereocenters. The summed E-state index contributed by atoms with van der Waals surface area (Å²) in [5.41, 5.74) is 1.06. The first-order valence-corrected chi connectivity index (χ1v) is 14.9. The second-order valence-corrected chi connectivity index (χ2v) is 11.5. The van der Waals surface area contributed by atoms with Gasteiger partial charge in [-0.05, 0) is 37.0 Å². The van der Waals surface area contributed by atoms with Gasteiger partial charge in [-0.3, -0.25) is 13.9 Å². The molecular formula is C28H39N3O6S. The van der Waals surface area contributed by atoms with Crippen molar-refractivity contribution < 1.29 is 27.5 Å². The predicted octanol–water partition coefficient (Wildman–Crippen LogP) is 3.73. The molecule has 10 heteroatoms. The van der Waals surface area contributed by atoms with Gasteiger partial charge in [0, 0.05) is 18.7 Å². The standard InChI is InChI=1S/C28H39N3O6S/c1-5-24(28(33)29-22-14-10-7-11-15-22)30(19-21-12-8-6-9-13-21)27(32)20-31(38(4,34)35)25-17-16-23(36-2)18-26(25)37-3/h6,8-9,12-13,16-18,22,24H,5,7,10-11,14-15,19-20H2,1-4H3,(H,29,33)/t24-/m1/s1. The fraction of sp³-hybridized carbons (Fsp3) is 0.500. The summed E-state index contributed by atoms with van der Waals surface area (Å²) in [6.45, 7) is 1.55. The molecule has 2 amide bonds. The van der Waals surface area contributed by atoms with Crippen LogP contribution in [0, 0.1) is 0 Å². The Labute approximate surface area is 226 Å². The molecule has 208 valence electrons. The number of sulfonamides is 1. The van der Waals surface area contributed by atoms with Gasteiger partial charge in [0.1, 0.15) is 24.1 Å². The van der Waals surface area contributed by atoms with Crippen molar-refractivity contribution in [2.24, 2.45) is 0 Å². The smallest absolute Gasteiger partial charge is 0.244 e. The lowest BCUT2D eigenvalue weighted by Gasteiger charge is -2.34. The molecular weight excluding hydrogens is 506 g/mol. The van der Waals surface area contributed by atoms with Crippen molar-refractivity contribution in [1.29, 1.82) is 0 Å². The molecule has 2 aromatic rings. The summed E-state index contributed by atoms with van der Waals surface area (Å²) in [5.74, 6) is 0.0418. The van der Waals surface area contributed by atoms with Crippen LogP contribution in [0.1, 0.15) is 51.0 Å². The van der Waals surface area contributed by atoms with E-state index < -0.39 is 28.5 Å². The number of carbonyl (C=O) groups excluding carboxylic acids is 2. The monoisotopic (exact) mass is 545 g/mol. The van der Waals surface area contributed by atoms with Crippen molar-refractivity contribution in [2.45, 2.75) is 64.1 Å². The van der Waals surface area contributed by atoms with E-state index in [9.17, 15) is 18.0 Å². The van der Waals surface area contributed by atoms with E-state index in [1.807, 2.05) is 37.3 Å². The summed E-state index contributed by atoms with van der Waals surface area (Å²) < 4.78 is 37.5. The highest BCUT2D eigenvalue weighted by Crippen LogP contribution is 2.33. The molecule has 0 aliphatic heterocycles. The normalized spacial score (nSPS) is 14.8. The van der Waals surface area contributed by atoms with Crippen molar-refractivity contribution in [2.75, 3.05) is 31.3 Å². The lowest BCUT2D eigenvalue weighted by molar-refractivity contribution is -0.140. The lowest BCUT2D eigenvalue weighted by atomic mass is 9.95. The minimum absolute atomic E-state index is 0.0926. The van der Waals surface area contributed by atoms with E-state index in [0.29, 0.717) is 12.2 Å². The maximum absolute atomic E-state index is 13.9. The van der Waals surface area contributed by atoms with Gasteiger partial charge in [0.05, 0.1) is 26.2 Å². The first-order valence-electron chi connectivity index (χ1n) is 13.0. The lowest BCUT2D eigenvalue weighted by Crippen LogP contribution is -2.54. The number of nitrogens with one attached hydrogen (secondary N) is 1. The molecule has 9 nitrogen and oxygen atoms in total. The molecule has 1 saturated carbocycles. The Bertz CT molecular complexity index is 1180. The number of hydrogen-bond donors (Lipinski definition) is 1. The second kappa shape index (κ2) is 13.5. The van der Waals surface area contributed by atoms with Gasteiger partial charge in [0.2, 0.25) is 21.8 Å². The maximum atomic E-state index is 13.9. The van der Waals surface area contributed by atoms with Gasteiger partial charge in [0.25, 0.3) is 0 Å². The number of hydrogen-bond acceptors (Lipinski definition) is 6. The van der Waals surface area contributed by atoms with Gasteiger partial charge in [-0.1, -0.05) is 56.5 Å². The molecule has 38 heavy (non-hydrogen) atoms. The molecule has 0 saturated heterocycles. The number of anilines is 1. The van der Waals surface area contributed by atoms with Gasteiger partial charge in [-0.15, -0.1) is 0 Å². The van der Waals surface area contributed by atoms with Crippen LogP contribution in [0.2, 0.25) is 0 Å². The van der Waals surface area contributed by atoms with Crippen molar-refractivity contribution >= 4 is 27.5 Å². The minimum atomic E-state index is -3.88. The SMILES string of the molecule is CC[C@H](C(=O)NC1CCCCC1)N(Cc1ccccc1)C(=O)CN(c1ccc(OC)cc1OC)S(C)(=O)=O.